The van der Waals surface area contributed by atoms with E-state index < -0.39 is 0 Å². The number of aromatic nitrogens is 2. The number of aryl methyl sites for hydroxylation is 2. The molecule has 1 saturated heterocycles. The maximum Gasteiger partial charge on any atom is 0.225 e. The number of anilines is 1. The van der Waals surface area contributed by atoms with Crippen LogP contribution in [-0.4, -0.2) is 53.2 Å². The summed E-state index contributed by atoms with van der Waals surface area (Å²) in [5, 5.41) is 0. The van der Waals surface area contributed by atoms with E-state index in [0.29, 0.717) is 25.5 Å². The highest BCUT2D eigenvalue weighted by molar-refractivity contribution is 5.99. The van der Waals surface area contributed by atoms with Crippen molar-refractivity contribution in [3.63, 3.8) is 0 Å². The molecule has 0 unspecified atom stereocenters. The SMILES string of the molecule is Cc1nc(N2CCN(C=O)CC2)nc2c1C(=O)CCC2. The minimum Gasteiger partial charge on any atom is -0.342 e. The van der Waals surface area contributed by atoms with E-state index in [9.17, 15) is 9.59 Å². The van der Waals surface area contributed by atoms with E-state index in [4.69, 9.17) is 0 Å². The monoisotopic (exact) mass is 274 g/mol. The number of rotatable bonds is 2. The lowest BCUT2D eigenvalue weighted by molar-refractivity contribution is -0.118. The number of piperazine rings is 1. The Balaban J connectivity index is 1.87. The van der Waals surface area contributed by atoms with Crippen LogP contribution in [0.2, 0.25) is 0 Å². The first-order valence-electron chi connectivity index (χ1n) is 7.04. The zero-order valence-corrected chi connectivity index (χ0v) is 11.6. The first-order valence-corrected chi connectivity index (χ1v) is 7.04. The lowest BCUT2D eigenvalue weighted by atomic mass is 9.94. The number of carbonyl (C=O) groups is 2. The maximum absolute atomic E-state index is 11.9. The highest BCUT2D eigenvalue weighted by Gasteiger charge is 2.25. The zero-order chi connectivity index (χ0) is 14.1. The number of Topliss-reactive ketones (excluding diaryl/α,β-unsaturated/α-hetero) is 1. The summed E-state index contributed by atoms with van der Waals surface area (Å²) in [6.45, 7) is 4.76. The Labute approximate surface area is 117 Å². The van der Waals surface area contributed by atoms with Crippen LogP contribution in [0.4, 0.5) is 5.95 Å². The van der Waals surface area contributed by atoms with Crippen LogP contribution >= 0.6 is 0 Å². The molecule has 0 aromatic carbocycles. The number of amides is 1. The van der Waals surface area contributed by atoms with Gasteiger partial charge in [0.25, 0.3) is 0 Å². The van der Waals surface area contributed by atoms with Gasteiger partial charge in [-0.05, 0) is 19.8 Å². The van der Waals surface area contributed by atoms with Gasteiger partial charge in [0.15, 0.2) is 5.78 Å². The quantitative estimate of drug-likeness (QED) is 0.738. The van der Waals surface area contributed by atoms with Gasteiger partial charge in [-0.25, -0.2) is 9.97 Å². The van der Waals surface area contributed by atoms with Crippen molar-refractivity contribution >= 4 is 18.1 Å². The van der Waals surface area contributed by atoms with Crippen LogP contribution in [0, 0.1) is 6.92 Å². The Morgan fingerprint density at radius 1 is 1.10 bits per heavy atom. The third kappa shape index (κ3) is 2.26. The van der Waals surface area contributed by atoms with E-state index in [2.05, 4.69) is 14.9 Å². The van der Waals surface area contributed by atoms with E-state index in [1.165, 1.54) is 0 Å². The summed E-state index contributed by atoms with van der Waals surface area (Å²) >= 11 is 0. The van der Waals surface area contributed by atoms with Gasteiger partial charge in [-0.1, -0.05) is 0 Å². The van der Waals surface area contributed by atoms with Crippen LogP contribution in [0.1, 0.15) is 34.6 Å². The van der Waals surface area contributed by atoms with E-state index in [1.807, 2.05) is 6.92 Å². The van der Waals surface area contributed by atoms with Gasteiger partial charge in [-0.15, -0.1) is 0 Å². The summed E-state index contributed by atoms with van der Waals surface area (Å²) in [5.74, 6) is 0.863. The minimum atomic E-state index is 0.168. The Bertz CT molecular complexity index is 550. The molecule has 0 saturated carbocycles. The number of nitrogens with zero attached hydrogens (tertiary/aromatic N) is 4. The maximum atomic E-state index is 11.9. The number of hydrogen-bond donors (Lipinski definition) is 0. The molecule has 6 nitrogen and oxygen atoms in total. The predicted molar refractivity (Wildman–Crippen MR) is 73.9 cm³/mol. The lowest BCUT2D eigenvalue weighted by Gasteiger charge is -2.33. The topological polar surface area (TPSA) is 66.4 Å². The standard InChI is InChI=1S/C14H18N4O2/c1-10-13-11(3-2-4-12(13)20)16-14(15-10)18-7-5-17(9-19)6-8-18/h9H,2-8H2,1H3. The molecule has 0 spiro atoms. The van der Waals surface area contributed by atoms with E-state index in [1.54, 1.807) is 4.90 Å². The Morgan fingerprint density at radius 3 is 2.55 bits per heavy atom. The molecule has 0 N–H and O–H groups in total. The van der Waals surface area contributed by atoms with Crippen molar-refractivity contribution in [1.82, 2.24) is 14.9 Å². The van der Waals surface area contributed by atoms with Gasteiger partial charge in [-0.3, -0.25) is 9.59 Å². The normalized spacial score (nSPS) is 18.9. The fraction of sp³-hybridized carbons (Fsp3) is 0.571. The van der Waals surface area contributed by atoms with Gasteiger partial charge in [0.1, 0.15) is 0 Å². The molecule has 106 valence electrons. The summed E-state index contributed by atoms with van der Waals surface area (Å²) in [6, 6.07) is 0. The van der Waals surface area contributed by atoms with Crippen LogP contribution in [0.25, 0.3) is 0 Å². The molecule has 1 aliphatic heterocycles. The molecule has 20 heavy (non-hydrogen) atoms. The second-order valence-electron chi connectivity index (χ2n) is 5.34. The average Bonchev–Trinajstić information content (AvgIpc) is 2.47. The van der Waals surface area contributed by atoms with Crippen molar-refractivity contribution in [2.24, 2.45) is 0 Å². The average molecular weight is 274 g/mol. The summed E-state index contributed by atoms with van der Waals surface area (Å²) in [4.78, 5) is 35.6. The van der Waals surface area contributed by atoms with Crippen LogP contribution in [-0.2, 0) is 11.2 Å². The van der Waals surface area contributed by atoms with E-state index >= 15 is 0 Å². The molecule has 1 aliphatic carbocycles. The third-order valence-electron chi connectivity index (χ3n) is 4.00. The number of fused-ring (bicyclic) bond motifs is 1. The fourth-order valence-corrected chi connectivity index (χ4v) is 2.87. The number of hydrogen-bond acceptors (Lipinski definition) is 5. The second kappa shape index (κ2) is 5.19. The van der Waals surface area contributed by atoms with Crippen LogP contribution < -0.4 is 4.90 Å². The third-order valence-corrected chi connectivity index (χ3v) is 4.00. The van der Waals surface area contributed by atoms with Gasteiger partial charge < -0.3 is 9.80 Å². The van der Waals surface area contributed by atoms with Crippen molar-refractivity contribution in [2.75, 3.05) is 31.1 Å². The first-order chi connectivity index (χ1) is 9.69. The van der Waals surface area contributed by atoms with Crippen molar-refractivity contribution < 1.29 is 9.59 Å². The molecular weight excluding hydrogens is 256 g/mol. The van der Waals surface area contributed by atoms with E-state index in [0.717, 1.165) is 49.3 Å². The molecule has 2 aliphatic rings. The van der Waals surface area contributed by atoms with E-state index in [-0.39, 0.29) is 5.78 Å². The molecule has 1 amide bonds. The summed E-state index contributed by atoms with van der Waals surface area (Å²) in [7, 11) is 0. The molecule has 1 aromatic heterocycles. The molecule has 3 rings (SSSR count). The summed E-state index contributed by atoms with van der Waals surface area (Å²) in [6.07, 6.45) is 3.22. The molecule has 1 fully saturated rings. The Hall–Kier alpha value is -1.98. The van der Waals surface area contributed by atoms with Crippen LogP contribution in [0.3, 0.4) is 0 Å². The fourth-order valence-electron chi connectivity index (χ4n) is 2.87. The number of ketones is 1. The van der Waals surface area contributed by atoms with Gasteiger partial charge in [0.2, 0.25) is 12.4 Å². The summed E-state index contributed by atoms with van der Waals surface area (Å²) < 4.78 is 0. The van der Waals surface area contributed by atoms with Gasteiger partial charge in [0.05, 0.1) is 17.0 Å². The van der Waals surface area contributed by atoms with Crippen LogP contribution in [0.5, 0.6) is 0 Å². The Morgan fingerprint density at radius 2 is 1.85 bits per heavy atom. The first kappa shape index (κ1) is 13.0. The molecule has 1 aromatic rings. The van der Waals surface area contributed by atoms with Crippen molar-refractivity contribution in [2.45, 2.75) is 26.2 Å². The van der Waals surface area contributed by atoms with Crippen LogP contribution in [0.15, 0.2) is 0 Å². The smallest absolute Gasteiger partial charge is 0.225 e. The molecular formula is C14H18N4O2. The second-order valence-corrected chi connectivity index (χ2v) is 5.34. The van der Waals surface area contributed by atoms with Crippen molar-refractivity contribution in [3.8, 4) is 0 Å². The summed E-state index contributed by atoms with van der Waals surface area (Å²) in [5.41, 5.74) is 2.40. The Kier molecular flexibility index (Phi) is 3.38. The lowest BCUT2D eigenvalue weighted by Crippen LogP contribution is -2.46. The highest BCUT2D eigenvalue weighted by Crippen LogP contribution is 2.24. The molecule has 0 bridgehead atoms. The van der Waals surface area contributed by atoms with Gasteiger partial charge in [-0.2, -0.15) is 0 Å². The van der Waals surface area contributed by atoms with Gasteiger partial charge >= 0.3 is 0 Å². The van der Waals surface area contributed by atoms with Crippen molar-refractivity contribution in [1.29, 1.82) is 0 Å². The highest BCUT2D eigenvalue weighted by atomic mass is 16.1. The zero-order valence-electron chi connectivity index (χ0n) is 11.6. The molecule has 0 radical (unpaired) electrons. The predicted octanol–water partition coefficient (Wildman–Crippen LogP) is 0.582. The molecule has 6 heteroatoms. The molecule has 0 atom stereocenters. The molecule has 2 heterocycles. The van der Waals surface area contributed by atoms with Gasteiger partial charge in [0, 0.05) is 32.6 Å². The minimum absolute atomic E-state index is 0.168. The van der Waals surface area contributed by atoms with Crippen molar-refractivity contribution in [3.05, 3.63) is 17.0 Å². The number of carbonyl (C=O) groups excluding carboxylic acids is 2. The largest absolute Gasteiger partial charge is 0.342 e.